The van der Waals surface area contributed by atoms with Gasteiger partial charge in [0.2, 0.25) is 0 Å². The largest absolute Gasteiger partial charge is 0.300 e. The second kappa shape index (κ2) is 4.13. The van der Waals surface area contributed by atoms with Crippen LogP contribution in [0.15, 0.2) is 24.3 Å². The summed E-state index contributed by atoms with van der Waals surface area (Å²) in [4.78, 5) is 10.9. The fraction of sp³-hybridized carbons (Fsp3) is 0.462. The van der Waals surface area contributed by atoms with E-state index in [0.29, 0.717) is 18.3 Å². The second-order valence-corrected chi connectivity index (χ2v) is 4.46. The standard InChI is InChI=1S/C13H15FO/c1-9(15)6-10-7-11(8-10)12-4-2-3-5-13(12)14/h2-5,10-11H,6-8H2,1H3. The Labute approximate surface area is 89.3 Å². The third-order valence-electron chi connectivity index (χ3n) is 3.16. The van der Waals surface area contributed by atoms with Gasteiger partial charge in [-0.15, -0.1) is 0 Å². The number of halogens is 1. The zero-order valence-corrected chi connectivity index (χ0v) is 8.87. The molecule has 1 nitrogen and oxygen atoms in total. The molecule has 15 heavy (non-hydrogen) atoms. The Balaban J connectivity index is 1.95. The summed E-state index contributed by atoms with van der Waals surface area (Å²) in [6.07, 6.45) is 2.58. The highest BCUT2D eigenvalue weighted by molar-refractivity contribution is 5.75. The van der Waals surface area contributed by atoms with E-state index in [0.717, 1.165) is 18.4 Å². The normalized spacial score (nSPS) is 24.7. The van der Waals surface area contributed by atoms with Crippen molar-refractivity contribution in [3.8, 4) is 0 Å². The van der Waals surface area contributed by atoms with Crippen molar-refractivity contribution in [2.45, 2.75) is 32.1 Å². The maximum absolute atomic E-state index is 13.4. The number of hydrogen-bond donors (Lipinski definition) is 0. The number of carbonyl (C=O) groups is 1. The average molecular weight is 206 g/mol. The zero-order chi connectivity index (χ0) is 10.8. The van der Waals surface area contributed by atoms with E-state index >= 15 is 0 Å². The molecule has 1 saturated carbocycles. The molecule has 0 unspecified atom stereocenters. The van der Waals surface area contributed by atoms with Crippen LogP contribution >= 0.6 is 0 Å². The van der Waals surface area contributed by atoms with Crippen LogP contribution in [0.25, 0.3) is 0 Å². The van der Waals surface area contributed by atoms with Gasteiger partial charge in [0.1, 0.15) is 11.6 Å². The highest BCUT2D eigenvalue weighted by Gasteiger charge is 2.32. The molecule has 0 atom stereocenters. The van der Waals surface area contributed by atoms with Crippen molar-refractivity contribution in [3.05, 3.63) is 35.6 Å². The predicted molar refractivity (Wildman–Crippen MR) is 57.2 cm³/mol. The monoisotopic (exact) mass is 206 g/mol. The van der Waals surface area contributed by atoms with Gasteiger partial charge in [-0.2, -0.15) is 0 Å². The Kier molecular flexibility index (Phi) is 2.85. The SMILES string of the molecule is CC(=O)CC1CC(c2ccccc2F)C1. The maximum atomic E-state index is 13.4. The Morgan fingerprint density at radius 2 is 2.07 bits per heavy atom. The van der Waals surface area contributed by atoms with E-state index in [4.69, 9.17) is 0 Å². The Bertz CT molecular complexity index is 367. The maximum Gasteiger partial charge on any atom is 0.130 e. The minimum Gasteiger partial charge on any atom is -0.300 e. The van der Waals surface area contributed by atoms with Crippen LogP contribution in [0.2, 0.25) is 0 Å². The summed E-state index contributed by atoms with van der Waals surface area (Å²) in [5.74, 6) is 0.943. The van der Waals surface area contributed by atoms with E-state index in [1.807, 2.05) is 12.1 Å². The minimum absolute atomic E-state index is 0.108. The van der Waals surface area contributed by atoms with Gasteiger partial charge in [-0.05, 0) is 43.2 Å². The van der Waals surface area contributed by atoms with Gasteiger partial charge < -0.3 is 4.79 Å². The number of Topliss-reactive ketones (excluding diaryl/α,β-unsaturated/α-hetero) is 1. The number of carbonyl (C=O) groups excluding carboxylic acids is 1. The van der Waals surface area contributed by atoms with Crippen LogP contribution in [0, 0.1) is 11.7 Å². The van der Waals surface area contributed by atoms with Gasteiger partial charge in [-0.25, -0.2) is 4.39 Å². The molecular formula is C13H15FO. The molecule has 0 amide bonds. The van der Waals surface area contributed by atoms with E-state index in [2.05, 4.69) is 0 Å². The molecule has 0 radical (unpaired) electrons. The topological polar surface area (TPSA) is 17.1 Å². The van der Waals surface area contributed by atoms with Gasteiger partial charge >= 0.3 is 0 Å². The van der Waals surface area contributed by atoms with Crippen molar-refractivity contribution < 1.29 is 9.18 Å². The first kappa shape index (κ1) is 10.3. The molecule has 1 fully saturated rings. The molecule has 80 valence electrons. The molecule has 1 aliphatic carbocycles. The van der Waals surface area contributed by atoms with Crippen LogP contribution in [0.5, 0.6) is 0 Å². The van der Waals surface area contributed by atoms with Gasteiger partial charge in [0.25, 0.3) is 0 Å². The number of rotatable bonds is 3. The summed E-state index contributed by atoms with van der Waals surface area (Å²) in [5.41, 5.74) is 0.817. The van der Waals surface area contributed by atoms with Crippen molar-refractivity contribution in [2.75, 3.05) is 0 Å². The molecule has 0 bridgehead atoms. The summed E-state index contributed by atoms with van der Waals surface area (Å²) in [7, 11) is 0. The fourth-order valence-electron chi connectivity index (χ4n) is 2.37. The number of ketones is 1. The molecule has 2 heteroatoms. The fourth-order valence-corrected chi connectivity index (χ4v) is 2.37. The van der Waals surface area contributed by atoms with E-state index < -0.39 is 0 Å². The van der Waals surface area contributed by atoms with Crippen LogP contribution in [-0.2, 0) is 4.79 Å². The van der Waals surface area contributed by atoms with Gasteiger partial charge in [-0.3, -0.25) is 0 Å². The molecule has 0 spiro atoms. The third-order valence-corrected chi connectivity index (χ3v) is 3.16. The van der Waals surface area contributed by atoms with Crippen LogP contribution in [0.4, 0.5) is 4.39 Å². The first-order valence-corrected chi connectivity index (χ1v) is 5.40. The minimum atomic E-state index is -0.108. The molecule has 0 saturated heterocycles. The van der Waals surface area contributed by atoms with Crippen LogP contribution in [0.1, 0.15) is 37.7 Å². The summed E-state index contributed by atoms with van der Waals surface area (Å²) in [6, 6.07) is 6.94. The van der Waals surface area contributed by atoms with Gasteiger partial charge in [0, 0.05) is 6.42 Å². The summed E-state index contributed by atoms with van der Waals surface area (Å²) >= 11 is 0. The lowest BCUT2D eigenvalue weighted by Crippen LogP contribution is -2.24. The van der Waals surface area contributed by atoms with Crippen molar-refractivity contribution in [1.29, 1.82) is 0 Å². The summed E-state index contributed by atoms with van der Waals surface area (Å²) in [6.45, 7) is 1.62. The van der Waals surface area contributed by atoms with Crippen molar-refractivity contribution in [3.63, 3.8) is 0 Å². The summed E-state index contributed by atoms with van der Waals surface area (Å²) < 4.78 is 13.4. The van der Waals surface area contributed by atoms with Crippen LogP contribution in [-0.4, -0.2) is 5.78 Å². The van der Waals surface area contributed by atoms with E-state index in [1.165, 1.54) is 6.07 Å². The smallest absolute Gasteiger partial charge is 0.130 e. The molecule has 0 heterocycles. The Hall–Kier alpha value is -1.18. The van der Waals surface area contributed by atoms with E-state index in [-0.39, 0.29) is 11.6 Å². The van der Waals surface area contributed by atoms with Crippen molar-refractivity contribution in [2.24, 2.45) is 5.92 Å². The van der Waals surface area contributed by atoms with E-state index in [1.54, 1.807) is 13.0 Å². The average Bonchev–Trinajstić information content (AvgIpc) is 2.12. The van der Waals surface area contributed by atoms with Gasteiger partial charge in [0.15, 0.2) is 0 Å². The summed E-state index contributed by atoms with van der Waals surface area (Å²) in [5, 5.41) is 0. The van der Waals surface area contributed by atoms with Gasteiger partial charge in [-0.1, -0.05) is 18.2 Å². The first-order chi connectivity index (χ1) is 7.16. The first-order valence-electron chi connectivity index (χ1n) is 5.40. The van der Waals surface area contributed by atoms with Crippen molar-refractivity contribution in [1.82, 2.24) is 0 Å². The van der Waals surface area contributed by atoms with Crippen LogP contribution in [0.3, 0.4) is 0 Å². The zero-order valence-electron chi connectivity index (χ0n) is 8.87. The van der Waals surface area contributed by atoms with E-state index in [9.17, 15) is 9.18 Å². The lowest BCUT2D eigenvalue weighted by Gasteiger charge is -2.35. The van der Waals surface area contributed by atoms with Crippen molar-refractivity contribution >= 4 is 5.78 Å². The predicted octanol–water partition coefficient (Wildman–Crippen LogP) is 3.30. The number of benzene rings is 1. The number of hydrogen-bond acceptors (Lipinski definition) is 1. The third kappa shape index (κ3) is 2.25. The van der Waals surface area contributed by atoms with Gasteiger partial charge in [0.05, 0.1) is 0 Å². The quantitative estimate of drug-likeness (QED) is 0.741. The Morgan fingerprint density at radius 1 is 1.40 bits per heavy atom. The molecule has 0 N–H and O–H groups in total. The molecule has 1 aromatic rings. The molecule has 2 rings (SSSR count). The van der Waals surface area contributed by atoms with Crippen LogP contribution < -0.4 is 0 Å². The Morgan fingerprint density at radius 3 is 2.67 bits per heavy atom. The highest BCUT2D eigenvalue weighted by Crippen LogP contribution is 2.43. The highest BCUT2D eigenvalue weighted by atomic mass is 19.1. The lowest BCUT2D eigenvalue weighted by atomic mass is 9.69. The molecule has 0 aliphatic heterocycles. The lowest BCUT2D eigenvalue weighted by molar-refractivity contribution is -0.118. The molecule has 1 aromatic carbocycles. The molecule has 1 aliphatic rings. The second-order valence-electron chi connectivity index (χ2n) is 4.46. The molecular weight excluding hydrogens is 191 g/mol. The molecule has 0 aromatic heterocycles.